The van der Waals surface area contributed by atoms with Crippen molar-refractivity contribution in [2.75, 3.05) is 32.1 Å². The molecule has 1 aliphatic rings. The third-order valence-corrected chi connectivity index (χ3v) is 4.67. The highest BCUT2D eigenvalue weighted by molar-refractivity contribution is 14.0. The topological polar surface area (TPSA) is 66.0 Å². The van der Waals surface area contributed by atoms with Crippen LogP contribution in [-0.4, -0.2) is 45.2 Å². The molecule has 1 saturated heterocycles. The average molecular weight is 494 g/mol. The van der Waals surface area contributed by atoms with Gasteiger partial charge < -0.3 is 20.3 Å². The maximum Gasteiger partial charge on any atom is 0.229 e. The number of rotatable bonds is 6. The molecule has 0 aliphatic carbocycles. The first-order chi connectivity index (χ1) is 13.2. The second-order valence-electron chi connectivity index (χ2n) is 6.47. The lowest BCUT2D eigenvalue weighted by atomic mass is 10.1. The highest BCUT2D eigenvalue weighted by atomic mass is 127. The molecule has 3 rings (SSSR count). The first-order valence-corrected chi connectivity index (χ1v) is 9.11. The van der Waals surface area contributed by atoms with Crippen molar-refractivity contribution < 1.29 is 9.53 Å². The molecule has 0 aromatic heterocycles. The summed E-state index contributed by atoms with van der Waals surface area (Å²) in [6.45, 7) is 1.21. The van der Waals surface area contributed by atoms with E-state index in [1.165, 1.54) is 0 Å². The van der Waals surface area contributed by atoms with Gasteiger partial charge in [-0.2, -0.15) is 0 Å². The van der Waals surface area contributed by atoms with Gasteiger partial charge in [-0.05, 0) is 17.7 Å². The van der Waals surface area contributed by atoms with Crippen molar-refractivity contribution in [3.05, 3.63) is 66.2 Å². The van der Waals surface area contributed by atoms with E-state index in [4.69, 9.17) is 4.74 Å². The highest BCUT2D eigenvalue weighted by Crippen LogP contribution is 2.21. The van der Waals surface area contributed by atoms with Gasteiger partial charge >= 0.3 is 0 Å². The van der Waals surface area contributed by atoms with Crippen molar-refractivity contribution in [1.82, 2.24) is 10.6 Å². The van der Waals surface area contributed by atoms with Gasteiger partial charge in [0.15, 0.2) is 5.96 Å². The summed E-state index contributed by atoms with van der Waals surface area (Å²) in [4.78, 5) is 18.5. The number of ether oxygens (including phenoxy) is 1. The number of hydrogen-bond donors (Lipinski definition) is 2. The average Bonchev–Trinajstić information content (AvgIpc) is 3.09. The van der Waals surface area contributed by atoms with E-state index in [2.05, 4.69) is 15.6 Å². The fourth-order valence-corrected chi connectivity index (χ4v) is 3.24. The summed E-state index contributed by atoms with van der Waals surface area (Å²) in [6, 6.07) is 19.8. The molecule has 1 aliphatic heterocycles. The van der Waals surface area contributed by atoms with Crippen LogP contribution in [0.15, 0.2) is 65.7 Å². The zero-order valence-electron chi connectivity index (χ0n) is 16.2. The van der Waals surface area contributed by atoms with Crippen molar-refractivity contribution in [1.29, 1.82) is 0 Å². The van der Waals surface area contributed by atoms with Crippen LogP contribution >= 0.6 is 24.0 Å². The Balaban J connectivity index is 0.00000280. The lowest BCUT2D eigenvalue weighted by Crippen LogP contribution is -2.45. The largest absolute Gasteiger partial charge is 0.375 e. The van der Waals surface area contributed by atoms with E-state index >= 15 is 0 Å². The van der Waals surface area contributed by atoms with E-state index < -0.39 is 0 Å². The summed E-state index contributed by atoms with van der Waals surface area (Å²) >= 11 is 0. The molecule has 0 saturated carbocycles. The molecule has 7 heteroatoms. The number of amides is 1. The van der Waals surface area contributed by atoms with Gasteiger partial charge in [-0.1, -0.05) is 48.5 Å². The van der Waals surface area contributed by atoms with Gasteiger partial charge in [0.05, 0.1) is 12.1 Å². The zero-order chi connectivity index (χ0) is 19.1. The maximum atomic E-state index is 12.4. The van der Waals surface area contributed by atoms with E-state index in [0.29, 0.717) is 25.5 Å². The number of benzene rings is 2. The number of hydrogen-bond acceptors (Lipinski definition) is 3. The summed E-state index contributed by atoms with van der Waals surface area (Å²) in [6.07, 6.45) is 0.373. The molecular formula is C21H27IN4O2. The number of nitrogens with zero attached hydrogens (tertiary/aromatic N) is 2. The van der Waals surface area contributed by atoms with Gasteiger partial charge in [0, 0.05) is 39.4 Å². The molecule has 1 amide bonds. The van der Waals surface area contributed by atoms with E-state index in [-0.39, 0.29) is 42.0 Å². The molecule has 2 aromatic rings. The van der Waals surface area contributed by atoms with Crippen molar-refractivity contribution in [2.45, 2.75) is 18.6 Å². The molecule has 0 radical (unpaired) electrons. The predicted molar refractivity (Wildman–Crippen MR) is 123 cm³/mol. The van der Waals surface area contributed by atoms with Gasteiger partial charge in [0.1, 0.15) is 0 Å². The molecular weight excluding hydrogens is 467 g/mol. The number of nitrogens with one attached hydrogen (secondary N) is 2. The number of anilines is 1. The van der Waals surface area contributed by atoms with Crippen molar-refractivity contribution in [3.8, 4) is 0 Å². The lowest BCUT2D eigenvalue weighted by molar-refractivity contribution is -0.117. The Kier molecular flexibility index (Phi) is 8.72. The number of carbonyl (C=O) groups excluding carboxylic acids is 1. The summed E-state index contributed by atoms with van der Waals surface area (Å²) in [5.74, 6) is 0.786. The van der Waals surface area contributed by atoms with E-state index in [1.807, 2.05) is 65.6 Å². The van der Waals surface area contributed by atoms with Crippen LogP contribution in [0.1, 0.15) is 18.1 Å². The van der Waals surface area contributed by atoms with Crippen LogP contribution in [-0.2, 0) is 9.53 Å². The third-order valence-electron chi connectivity index (χ3n) is 4.67. The molecule has 0 bridgehead atoms. The second-order valence-corrected chi connectivity index (χ2v) is 6.47. The van der Waals surface area contributed by atoms with Crippen LogP contribution in [0.4, 0.5) is 5.69 Å². The number of guanidine groups is 1. The van der Waals surface area contributed by atoms with Crippen LogP contribution in [0.5, 0.6) is 0 Å². The first-order valence-electron chi connectivity index (χ1n) is 9.11. The highest BCUT2D eigenvalue weighted by Gasteiger charge is 2.31. The Labute approximate surface area is 183 Å². The standard InChI is InChI=1S/C21H26N4O2.HI/c1-22-21(23-14-19(27-2)16-9-5-3-6-10-16)24-17-13-20(26)25(15-17)18-11-7-4-8-12-18;/h3-12,17,19H,13-15H2,1-2H3,(H2,22,23,24);1H. The summed E-state index contributed by atoms with van der Waals surface area (Å²) < 4.78 is 5.59. The van der Waals surface area contributed by atoms with E-state index in [0.717, 1.165) is 11.3 Å². The molecule has 0 spiro atoms. The minimum atomic E-state index is -0.0734. The minimum absolute atomic E-state index is 0. The Hall–Kier alpha value is -2.13. The summed E-state index contributed by atoms with van der Waals surface area (Å²) in [7, 11) is 3.42. The predicted octanol–water partition coefficient (Wildman–Crippen LogP) is 2.96. The molecule has 1 fully saturated rings. The van der Waals surface area contributed by atoms with E-state index in [1.54, 1.807) is 14.2 Å². The number of aliphatic imine (C=N–C) groups is 1. The smallest absolute Gasteiger partial charge is 0.229 e. The summed E-state index contributed by atoms with van der Waals surface area (Å²) in [5, 5.41) is 6.65. The summed E-state index contributed by atoms with van der Waals surface area (Å²) in [5.41, 5.74) is 2.03. The molecule has 1 heterocycles. The SMILES string of the molecule is CN=C(NCC(OC)c1ccccc1)NC1CC(=O)N(c2ccccc2)C1.I. The van der Waals surface area contributed by atoms with Crippen LogP contribution < -0.4 is 15.5 Å². The van der Waals surface area contributed by atoms with Gasteiger partial charge in [0.2, 0.25) is 5.91 Å². The Bertz CT molecular complexity index is 770. The van der Waals surface area contributed by atoms with Crippen LogP contribution in [0, 0.1) is 0 Å². The minimum Gasteiger partial charge on any atom is -0.375 e. The number of methoxy groups -OCH3 is 1. The van der Waals surface area contributed by atoms with Crippen LogP contribution in [0.3, 0.4) is 0 Å². The monoisotopic (exact) mass is 494 g/mol. The van der Waals surface area contributed by atoms with Gasteiger partial charge in [-0.15, -0.1) is 24.0 Å². The maximum absolute atomic E-state index is 12.4. The van der Waals surface area contributed by atoms with Crippen molar-refractivity contribution in [3.63, 3.8) is 0 Å². The second kappa shape index (κ2) is 11.0. The van der Waals surface area contributed by atoms with Gasteiger partial charge in [0.25, 0.3) is 0 Å². The van der Waals surface area contributed by atoms with Gasteiger partial charge in [-0.3, -0.25) is 9.79 Å². The molecule has 28 heavy (non-hydrogen) atoms. The van der Waals surface area contributed by atoms with Crippen molar-refractivity contribution >= 4 is 41.5 Å². The number of para-hydroxylation sites is 1. The van der Waals surface area contributed by atoms with Crippen LogP contribution in [0.2, 0.25) is 0 Å². The number of carbonyl (C=O) groups is 1. The molecule has 150 valence electrons. The van der Waals surface area contributed by atoms with Crippen molar-refractivity contribution in [2.24, 2.45) is 4.99 Å². The quantitative estimate of drug-likeness (QED) is 0.368. The van der Waals surface area contributed by atoms with E-state index in [9.17, 15) is 4.79 Å². The first kappa shape index (κ1) is 22.2. The molecule has 6 nitrogen and oxygen atoms in total. The van der Waals surface area contributed by atoms with Crippen LogP contribution in [0.25, 0.3) is 0 Å². The Morgan fingerprint density at radius 2 is 1.82 bits per heavy atom. The Morgan fingerprint density at radius 3 is 2.43 bits per heavy atom. The fraction of sp³-hybridized carbons (Fsp3) is 0.333. The van der Waals surface area contributed by atoms with Gasteiger partial charge in [-0.25, -0.2) is 0 Å². The molecule has 2 N–H and O–H groups in total. The zero-order valence-corrected chi connectivity index (χ0v) is 18.5. The third kappa shape index (κ3) is 5.68. The Morgan fingerprint density at radius 1 is 1.18 bits per heavy atom. The number of halogens is 1. The lowest BCUT2D eigenvalue weighted by Gasteiger charge is -2.21. The molecule has 2 atom stereocenters. The molecule has 2 unspecified atom stereocenters. The molecule has 2 aromatic carbocycles. The normalized spacial score (nSPS) is 17.8. The fourth-order valence-electron chi connectivity index (χ4n) is 3.24.